The quantitative estimate of drug-likeness (QED) is 0.313. The van der Waals surface area contributed by atoms with Crippen LogP contribution in [0.2, 0.25) is 5.02 Å². The summed E-state index contributed by atoms with van der Waals surface area (Å²) in [6.45, 7) is 2.62. The van der Waals surface area contributed by atoms with Gasteiger partial charge in [-0.1, -0.05) is 23.7 Å². The van der Waals surface area contributed by atoms with E-state index in [4.69, 9.17) is 15.8 Å². The van der Waals surface area contributed by atoms with Crippen molar-refractivity contribution in [3.05, 3.63) is 69.6 Å². The van der Waals surface area contributed by atoms with Crippen LogP contribution in [0.15, 0.2) is 36.5 Å². The molecule has 0 radical (unpaired) electrons. The number of nitrogens with one attached hydrogen (secondary N) is 1. The van der Waals surface area contributed by atoms with Crippen LogP contribution in [0.4, 0.5) is 4.39 Å². The SMILES string of the molecule is CSCc1cc(F)cc2c(C(CCOSC)c3ccc(C)cc3Cl)c[nH]c12. The minimum absolute atomic E-state index is 0.0305. The maximum absolute atomic E-state index is 14.3. The zero-order valence-electron chi connectivity index (χ0n) is 15.6. The number of halogens is 2. The van der Waals surface area contributed by atoms with Crippen molar-refractivity contribution in [2.24, 2.45) is 0 Å². The Bertz CT molecular complexity index is 928. The number of fused-ring (bicyclic) bond motifs is 1. The van der Waals surface area contributed by atoms with Crippen LogP contribution in [0, 0.1) is 12.7 Å². The summed E-state index contributed by atoms with van der Waals surface area (Å²) in [5.74, 6) is 0.587. The molecule has 0 aliphatic carbocycles. The first-order chi connectivity index (χ1) is 13.0. The van der Waals surface area contributed by atoms with Gasteiger partial charge < -0.3 is 9.17 Å². The van der Waals surface area contributed by atoms with Gasteiger partial charge in [-0.25, -0.2) is 4.39 Å². The molecule has 3 aromatic rings. The highest BCUT2D eigenvalue weighted by atomic mass is 35.5. The van der Waals surface area contributed by atoms with Crippen LogP contribution in [0.5, 0.6) is 0 Å². The highest BCUT2D eigenvalue weighted by Crippen LogP contribution is 2.38. The van der Waals surface area contributed by atoms with Crippen LogP contribution in [0.3, 0.4) is 0 Å². The standard InChI is InChI=1S/C21H23ClFNOS2/c1-13-4-5-17(20(22)8-13)16(6-7-25-27-3)19-11-24-21-14(12-26-2)9-15(23)10-18(19)21/h4-5,8-11,16,24H,6-7,12H2,1-3H3. The Morgan fingerprint density at radius 1 is 1.19 bits per heavy atom. The van der Waals surface area contributed by atoms with Crippen molar-refractivity contribution >= 4 is 46.3 Å². The number of benzene rings is 2. The first kappa shape index (κ1) is 20.6. The molecule has 1 N–H and O–H groups in total. The summed E-state index contributed by atoms with van der Waals surface area (Å²) in [7, 11) is 0. The largest absolute Gasteiger partial charge is 0.361 e. The molecular weight excluding hydrogens is 401 g/mol. The van der Waals surface area contributed by atoms with Crippen LogP contribution in [0.25, 0.3) is 10.9 Å². The zero-order valence-corrected chi connectivity index (χ0v) is 18.0. The summed E-state index contributed by atoms with van der Waals surface area (Å²) in [6, 6.07) is 9.35. The van der Waals surface area contributed by atoms with Gasteiger partial charge in [0.1, 0.15) is 5.82 Å². The van der Waals surface area contributed by atoms with Gasteiger partial charge in [-0.2, -0.15) is 11.8 Å². The molecule has 1 heterocycles. The number of aromatic nitrogens is 1. The van der Waals surface area contributed by atoms with Crippen molar-refractivity contribution in [3.8, 4) is 0 Å². The normalized spacial score (nSPS) is 12.6. The van der Waals surface area contributed by atoms with Gasteiger partial charge in [-0.3, -0.25) is 0 Å². The Balaban J connectivity index is 2.11. The summed E-state index contributed by atoms with van der Waals surface area (Å²) < 4.78 is 19.8. The van der Waals surface area contributed by atoms with E-state index in [9.17, 15) is 4.39 Å². The summed E-state index contributed by atoms with van der Waals surface area (Å²) >= 11 is 9.62. The van der Waals surface area contributed by atoms with Crippen LogP contribution >= 0.6 is 35.4 Å². The lowest BCUT2D eigenvalue weighted by Crippen LogP contribution is -2.05. The van der Waals surface area contributed by atoms with E-state index in [1.54, 1.807) is 23.9 Å². The van der Waals surface area contributed by atoms with E-state index in [0.29, 0.717) is 6.61 Å². The number of thioether (sulfide) groups is 1. The van der Waals surface area contributed by atoms with E-state index in [1.165, 1.54) is 12.0 Å². The molecule has 0 amide bonds. The van der Waals surface area contributed by atoms with Crippen LogP contribution < -0.4 is 0 Å². The van der Waals surface area contributed by atoms with Gasteiger partial charge in [0, 0.05) is 40.0 Å². The average molecular weight is 424 g/mol. The second kappa shape index (κ2) is 9.37. The molecule has 0 fully saturated rings. The molecule has 0 bridgehead atoms. The summed E-state index contributed by atoms with van der Waals surface area (Å²) in [5, 5.41) is 1.66. The summed E-state index contributed by atoms with van der Waals surface area (Å²) in [5.41, 5.74) is 5.21. The molecule has 0 aliphatic rings. The van der Waals surface area contributed by atoms with Gasteiger partial charge in [0.2, 0.25) is 0 Å². The minimum atomic E-state index is -0.207. The van der Waals surface area contributed by atoms with Gasteiger partial charge in [-0.05, 0) is 72.1 Å². The van der Waals surface area contributed by atoms with Crippen molar-refractivity contribution in [2.75, 3.05) is 19.1 Å². The molecule has 1 unspecified atom stereocenters. The van der Waals surface area contributed by atoms with Crippen molar-refractivity contribution in [1.82, 2.24) is 4.98 Å². The predicted octanol–water partition coefficient (Wildman–Crippen LogP) is 6.95. The fourth-order valence-corrected chi connectivity index (χ4v) is 4.66. The van der Waals surface area contributed by atoms with Gasteiger partial charge in [0.25, 0.3) is 0 Å². The van der Waals surface area contributed by atoms with Crippen LogP contribution in [-0.4, -0.2) is 24.1 Å². The highest BCUT2D eigenvalue weighted by Gasteiger charge is 2.22. The molecule has 0 spiro atoms. The first-order valence-electron chi connectivity index (χ1n) is 8.75. The molecule has 1 aromatic heterocycles. The van der Waals surface area contributed by atoms with Gasteiger partial charge in [0.15, 0.2) is 0 Å². The number of H-pyrrole nitrogens is 1. The molecule has 2 aromatic carbocycles. The molecule has 27 heavy (non-hydrogen) atoms. The van der Waals surface area contributed by atoms with E-state index >= 15 is 0 Å². The Morgan fingerprint density at radius 2 is 2.00 bits per heavy atom. The zero-order chi connectivity index (χ0) is 19.4. The number of aromatic amines is 1. The Labute approximate surface area is 173 Å². The van der Waals surface area contributed by atoms with Gasteiger partial charge >= 0.3 is 0 Å². The smallest absolute Gasteiger partial charge is 0.124 e. The minimum Gasteiger partial charge on any atom is -0.361 e. The average Bonchev–Trinajstić information content (AvgIpc) is 3.03. The van der Waals surface area contributed by atoms with Gasteiger partial charge in [-0.15, -0.1) is 0 Å². The monoisotopic (exact) mass is 423 g/mol. The Morgan fingerprint density at radius 3 is 2.70 bits per heavy atom. The number of aryl methyl sites for hydroxylation is 1. The molecule has 6 heteroatoms. The molecule has 0 aliphatic heterocycles. The Kier molecular flexibility index (Phi) is 7.15. The van der Waals surface area contributed by atoms with E-state index < -0.39 is 0 Å². The number of rotatable bonds is 8. The van der Waals surface area contributed by atoms with E-state index in [2.05, 4.69) is 17.1 Å². The first-order valence-corrected chi connectivity index (χ1v) is 11.7. The lowest BCUT2D eigenvalue weighted by molar-refractivity contribution is 0.357. The lowest BCUT2D eigenvalue weighted by atomic mass is 9.87. The summed E-state index contributed by atoms with van der Waals surface area (Å²) in [4.78, 5) is 3.37. The fourth-order valence-electron chi connectivity index (χ4n) is 3.49. The second-order valence-corrected chi connectivity index (χ2v) is 8.36. The molecular formula is C21H23ClFNOS2. The predicted molar refractivity (Wildman–Crippen MR) is 118 cm³/mol. The molecule has 1 atom stereocenters. The van der Waals surface area contributed by atoms with Crippen molar-refractivity contribution in [1.29, 1.82) is 0 Å². The number of hydrogen-bond acceptors (Lipinski definition) is 3. The molecule has 144 valence electrons. The molecule has 2 nitrogen and oxygen atoms in total. The fraction of sp³-hybridized carbons (Fsp3) is 0.333. The molecule has 3 rings (SSSR count). The third-order valence-corrected chi connectivity index (χ3v) is 6.01. The number of hydrogen-bond donors (Lipinski definition) is 1. The van der Waals surface area contributed by atoms with E-state index in [1.807, 2.05) is 31.7 Å². The highest BCUT2D eigenvalue weighted by molar-refractivity contribution is 7.97. The van der Waals surface area contributed by atoms with E-state index in [-0.39, 0.29) is 11.7 Å². The third kappa shape index (κ3) is 4.65. The third-order valence-electron chi connectivity index (χ3n) is 4.68. The van der Waals surface area contributed by atoms with E-state index in [0.717, 1.165) is 50.4 Å². The maximum Gasteiger partial charge on any atom is 0.124 e. The van der Waals surface area contributed by atoms with Crippen molar-refractivity contribution < 1.29 is 8.57 Å². The molecule has 0 saturated carbocycles. The topological polar surface area (TPSA) is 25.0 Å². The van der Waals surface area contributed by atoms with Gasteiger partial charge in [0.05, 0.1) is 6.61 Å². The van der Waals surface area contributed by atoms with Crippen molar-refractivity contribution in [2.45, 2.75) is 25.0 Å². The second-order valence-electron chi connectivity index (χ2n) is 6.52. The lowest BCUT2D eigenvalue weighted by Gasteiger charge is -2.19. The molecule has 0 saturated heterocycles. The summed E-state index contributed by atoms with van der Waals surface area (Å²) in [6.07, 6.45) is 6.69. The van der Waals surface area contributed by atoms with Crippen molar-refractivity contribution in [3.63, 3.8) is 0 Å². The van der Waals surface area contributed by atoms with Crippen LogP contribution in [0.1, 0.15) is 34.6 Å². The van der Waals surface area contributed by atoms with Crippen LogP contribution in [-0.2, 0) is 9.94 Å². The Hall–Kier alpha value is -1.14. The maximum atomic E-state index is 14.3.